The zero-order chi connectivity index (χ0) is 18.2. The molecule has 2 aromatic carbocycles. The standard InChI is InChI=1S/C18H18BrNO5/c1-12-9-13(7-8-14(12)19)20-17(21)10-25-18(22)11-24-16-6-4-3-5-15(16)23-2/h3-9H,10-11H2,1-2H3,(H,20,21). The van der Waals surface area contributed by atoms with Gasteiger partial charge in [0.05, 0.1) is 7.11 Å². The number of hydrogen-bond acceptors (Lipinski definition) is 5. The van der Waals surface area contributed by atoms with Crippen molar-refractivity contribution >= 4 is 33.5 Å². The van der Waals surface area contributed by atoms with E-state index in [0.717, 1.165) is 10.0 Å². The van der Waals surface area contributed by atoms with E-state index in [0.29, 0.717) is 17.2 Å². The molecule has 0 bridgehead atoms. The molecule has 0 atom stereocenters. The Kier molecular flexibility index (Phi) is 6.82. The average Bonchev–Trinajstić information content (AvgIpc) is 2.61. The maximum absolute atomic E-state index is 11.8. The number of benzene rings is 2. The van der Waals surface area contributed by atoms with Crippen LogP contribution in [0, 0.1) is 6.92 Å². The highest BCUT2D eigenvalue weighted by Gasteiger charge is 2.11. The Labute approximate surface area is 154 Å². The largest absolute Gasteiger partial charge is 0.493 e. The average molecular weight is 408 g/mol. The molecular weight excluding hydrogens is 390 g/mol. The van der Waals surface area contributed by atoms with Crippen LogP contribution in [0.1, 0.15) is 5.56 Å². The molecule has 1 N–H and O–H groups in total. The number of amides is 1. The molecule has 0 saturated heterocycles. The molecule has 0 saturated carbocycles. The summed E-state index contributed by atoms with van der Waals surface area (Å²) in [6.07, 6.45) is 0. The highest BCUT2D eigenvalue weighted by molar-refractivity contribution is 9.10. The van der Waals surface area contributed by atoms with Crippen molar-refractivity contribution in [3.8, 4) is 11.5 Å². The molecule has 0 fully saturated rings. The Morgan fingerprint density at radius 1 is 1.08 bits per heavy atom. The number of hydrogen-bond donors (Lipinski definition) is 1. The van der Waals surface area contributed by atoms with E-state index in [4.69, 9.17) is 14.2 Å². The van der Waals surface area contributed by atoms with Crippen molar-refractivity contribution in [2.24, 2.45) is 0 Å². The van der Waals surface area contributed by atoms with Gasteiger partial charge in [-0.05, 0) is 42.8 Å². The summed E-state index contributed by atoms with van der Waals surface area (Å²) in [5, 5.41) is 2.66. The summed E-state index contributed by atoms with van der Waals surface area (Å²) >= 11 is 3.39. The number of rotatable bonds is 7. The molecule has 132 valence electrons. The quantitative estimate of drug-likeness (QED) is 0.712. The van der Waals surface area contributed by atoms with Gasteiger partial charge in [0.2, 0.25) is 0 Å². The highest BCUT2D eigenvalue weighted by atomic mass is 79.9. The van der Waals surface area contributed by atoms with E-state index >= 15 is 0 Å². The van der Waals surface area contributed by atoms with Gasteiger partial charge in [-0.3, -0.25) is 4.79 Å². The first-order chi connectivity index (χ1) is 12.0. The SMILES string of the molecule is COc1ccccc1OCC(=O)OCC(=O)Nc1ccc(Br)c(C)c1. The molecule has 0 aliphatic rings. The van der Waals surface area contributed by atoms with E-state index in [9.17, 15) is 9.59 Å². The fraction of sp³-hybridized carbons (Fsp3) is 0.222. The Balaban J connectivity index is 1.77. The van der Waals surface area contributed by atoms with Gasteiger partial charge in [0.15, 0.2) is 24.7 Å². The number of esters is 1. The molecule has 0 spiro atoms. The van der Waals surface area contributed by atoms with Gasteiger partial charge >= 0.3 is 5.97 Å². The van der Waals surface area contributed by atoms with Crippen LogP contribution in [0.15, 0.2) is 46.9 Å². The summed E-state index contributed by atoms with van der Waals surface area (Å²) in [6.45, 7) is 1.21. The van der Waals surface area contributed by atoms with Crippen LogP contribution in [0.5, 0.6) is 11.5 Å². The van der Waals surface area contributed by atoms with Gasteiger partial charge in [-0.15, -0.1) is 0 Å². The lowest BCUT2D eigenvalue weighted by Gasteiger charge is -2.10. The van der Waals surface area contributed by atoms with E-state index in [1.165, 1.54) is 7.11 Å². The highest BCUT2D eigenvalue weighted by Crippen LogP contribution is 2.25. The lowest BCUT2D eigenvalue weighted by molar-refractivity contribution is -0.149. The zero-order valence-electron chi connectivity index (χ0n) is 13.9. The Bertz CT molecular complexity index is 763. The van der Waals surface area contributed by atoms with Crippen molar-refractivity contribution in [1.82, 2.24) is 0 Å². The van der Waals surface area contributed by atoms with Crippen molar-refractivity contribution in [2.45, 2.75) is 6.92 Å². The Morgan fingerprint density at radius 3 is 2.48 bits per heavy atom. The minimum absolute atomic E-state index is 0.314. The monoisotopic (exact) mass is 407 g/mol. The summed E-state index contributed by atoms with van der Waals surface area (Å²) < 4.78 is 16.3. The van der Waals surface area contributed by atoms with Gasteiger partial charge in [-0.2, -0.15) is 0 Å². The molecule has 25 heavy (non-hydrogen) atoms. The second kappa shape index (κ2) is 9.08. The lowest BCUT2D eigenvalue weighted by atomic mass is 10.2. The molecule has 0 aromatic heterocycles. The molecule has 2 aromatic rings. The first-order valence-electron chi connectivity index (χ1n) is 7.47. The van der Waals surface area contributed by atoms with Crippen LogP contribution in [0.2, 0.25) is 0 Å². The number of carbonyl (C=O) groups excluding carboxylic acids is 2. The van der Waals surface area contributed by atoms with Crippen LogP contribution in [0.4, 0.5) is 5.69 Å². The van der Waals surface area contributed by atoms with Gasteiger partial charge in [0.25, 0.3) is 5.91 Å². The predicted octanol–water partition coefficient (Wildman–Crippen LogP) is 3.33. The minimum Gasteiger partial charge on any atom is -0.493 e. The van der Waals surface area contributed by atoms with E-state index in [1.807, 2.05) is 19.1 Å². The van der Waals surface area contributed by atoms with E-state index in [-0.39, 0.29) is 13.2 Å². The first kappa shape index (κ1) is 18.8. The van der Waals surface area contributed by atoms with Crippen LogP contribution < -0.4 is 14.8 Å². The molecule has 0 aliphatic carbocycles. The summed E-state index contributed by atoms with van der Waals surface area (Å²) in [6, 6.07) is 12.3. The summed E-state index contributed by atoms with van der Waals surface area (Å²) in [5.74, 6) is -0.129. The van der Waals surface area contributed by atoms with Crippen molar-refractivity contribution in [3.63, 3.8) is 0 Å². The summed E-state index contributed by atoms with van der Waals surface area (Å²) in [4.78, 5) is 23.5. The maximum Gasteiger partial charge on any atom is 0.344 e. The minimum atomic E-state index is -0.645. The summed E-state index contributed by atoms with van der Waals surface area (Å²) in [5.41, 5.74) is 1.62. The second-order valence-corrected chi connectivity index (χ2v) is 5.97. The van der Waals surface area contributed by atoms with Crippen molar-refractivity contribution in [3.05, 3.63) is 52.5 Å². The molecule has 0 unspecified atom stereocenters. The fourth-order valence-corrected chi connectivity index (χ4v) is 2.23. The molecule has 0 heterocycles. The van der Waals surface area contributed by atoms with Crippen LogP contribution in [-0.2, 0) is 14.3 Å². The topological polar surface area (TPSA) is 73.9 Å². The molecule has 2 rings (SSSR count). The van der Waals surface area contributed by atoms with Gasteiger partial charge < -0.3 is 19.5 Å². The summed E-state index contributed by atoms with van der Waals surface area (Å²) in [7, 11) is 1.51. The van der Waals surface area contributed by atoms with Gasteiger partial charge in [0.1, 0.15) is 0 Å². The molecule has 0 radical (unpaired) electrons. The smallest absolute Gasteiger partial charge is 0.344 e. The van der Waals surface area contributed by atoms with Crippen LogP contribution in [0.25, 0.3) is 0 Å². The van der Waals surface area contributed by atoms with Crippen LogP contribution in [-0.4, -0.2) is 32.2 Å². The normalized spacial score (nSPS) is 10.0. The molecule has 1 amide bonds. The number of carbonyl (C=O) groups is 2. The number of para-hydroxylation sites is 2. The van der Waals surface area contributed by atoms with Gasteiger partial charge in [0, 0.05) is 10.2 Å². The number of halogens is 1. The lowest BCUT2D eigenvalue weighted by Crippen LogP contribution is -2.23. The van der Waals surface area contributed by atoms with E-state index < -0.39 is 11.9 Å². The van der Waals surface area contributed by atoms with Gasteiger partial charge in [-0.25, -0.2) is 4.79 Å². The Morgan fingerprint density at radius 2 is 1.80 bits per heavy atom. The third kappa shape index (κ3) is 5.79. The van der Waals surface area contributed by atoms with Crippen molar-refractivity contribution in [1.29, 1.82) is 0 Å². The van der Waals surface area contributed by atoms with Gasteiger partial charge in [-0.1, -0.05) is 28.1 Å². The third-order valence-electron chi connectivity index (χ3n) is 3.22. The molecule has 7 heteroatoms. The molecular formula is C18H18BrNO5. The van der Waals surface area contributed by atoms with Crippen molar-refractivity contribution < 1.29 is 23.8 Å². The zero-order valence-corrected chi connectivity index (χ0v) is 15.5. The third-order valence-corrected chi connectivity index (χ3v) is 4.11. The number of nitrogens with one attached hydrogen (secondary N) is 1. The van der Waals surface area contributed by atoms with E-state index in [1.54, 1.807) is 30.3 Å². The number of aryl methyl sites for hydroxylation is 1. The number of anilines is 1. The predicted molar refractivity (Wildman–Crippen MR) is 97.0 cm³/mol. The second-order valence-electron chi connectivity index (χ2n) is 5.11. The molecule has 6 nitrogen and oxygen atoms in total. The van der Waals surface area contributed by atoms with Crippen molar-refractivity contribution in [2.75, 3.05) is 25.6 Å². The molecule has 0 aliphatic heterocycles. The fourth-order valence-electron chi connectivity index (χ4n) is 1.98. The Hall–Kier alpha value is -2.54. The number of methoxy groups -OCH3 is 1. The van der Waals surface area contributed by atoms with Crippen LogP contribution >= 0.6 is 15.9 Å². The maximum atomic E-state index is 11.8. The first-order valence-corrected chi connectivity index (χ1v) is 8.26. The van der Waals surface area contributed by atoms with E-state index in [2.05, 4.69) is 21.2 Å². The van der Waals surface area contributed by atoms with Crippen LogP contribution in [0.3, 0.4) is 0 Å². The number of ether oxygens (including phenoxy) is 3.